The Morgan fingerprint density at radius 2 is 0.786 bits per heavy atom. The van der Waals surface area contributed by atoms with Crippen molar-refractivity contribution >= 4 is 5.91 Å². The van der Waals surface area contributed by atoms with E-state index in [1.54, 1.807) is 0 Å². The van der Waals surface area contributed by atoms with Gasteiger partial charge in [-0.2, -0.15) is 0 Å². The van der Waals surface area contributed by atoms with Crippen molar-refractivity contribution in [3.05, 3.63) is 109 Å². The van der Waals surface area contributed by atoms with Crippen LogP contribution in [0.25, 0.3) is 0 Å². The van der Waals surface area contributed by atoms with Crippen LogP contribution in [0.4, 0.5) is 0 Å². The van der Waals surface area contributed by atoms with Crippen LogP contribution in [0, 0.1) is 0 Å². The second-order valence-electron chi connectivity index (χ2n) is 15.1. The fourth-order valence-corrected chi connectivity index (χ4v) is 6.29. The summed E-state index contributed by atoms with van der Waals surface area (Å²) in [6.07, 6.45) is 70.7. The van der Waals surface area contributed by atoms with E-state index >= 15 is 0 Å². The number of aliphatic hydroxyl groups excluding tert-OH is 2. The van der Waals surface area contributed by atoms with Gasteiger partial charge < -0.3 is 15.5 Å². The molecular formula is C52H87NO3. The predicted molar refractivity (Wildman–Crippen MR) is 248 cm³/mol. The fraction of sp³-hybridized carbons (Fsp3) is 0.635. The topological polar surface area (TPSA) is 69.6 Å². The van der Waals surface area contributed by atoms with Crippen LogP contribution in [-0.2, 0) is 4.79 Å². The van der Waals surface area contributed by atoms with Gasteiger partial charge in [0.2, 0.25) is 5.91 Å². The Kier molecular flexibility index (Phi) is 44.0. The number of nitrogens with one attached hydrogen (secondary N) is 1. The van der Waals surface area contributed by atoms with Crippen LogP contribution in [0.15, 0.2) is 109 Å². The highest BCUT2D eigenvalue weighted by Crippen LogP contribution is 2.14. The number of amides is 1. The highest BCUT2D eigenvalue weighted by atomic mass is 16.3. The molecule has 3 N–H and O–H groups in total. The van der Waals surface area contributed by atoms with Crippen molar-refractivity contribution in [1.82, 2.24) is 5.32 Å². The van der Waals surface area contributed by atoms with Gasteiger partial charge in [-0.25, -0.2) is 0 Å². The SMILES string of the molecule is CC/C=C\C/C=C\C/C=C\C/C=C\C/C=C\C/C=C\C/C=C\C/C=C\C/C=C\CCCCCCCCCCCCCC(=O)NC(CO)C(O)CCCCCCC. The Balaban J connectivity index is 3.55. The van der Waals surface area contributed by atoms with Crippen molar-refractivity contribution in [1.29, 1.82) is 0 Å². The van der Waals surface area contributed by atoms with Crippen LogP contribution in [0.2, 0.25) is 0 Å². The minimum atomic E-state index is -0.662. The highest BCUT2D eigenvalue weighted by molar-refractivity contribution is 5.76. The molecule has 1 amide bonds. The molecule has 0 aromatic rings. The summed E-state index contributed by atoms with van der Waals surface area (Å²) in [6.45, 7) is 4.15. The normalized spacial score (nSPS) is 14.0. The van der Waals surface area contributed by atoms with E-state index in [4.69, 9.17) is 0 Å². The Labute approximate surface area is 346 Å². The van der Waals surface area contributed by atoms with E-state index in [1.807, 2.05) is 0 Å². The minimum Gasteiger partial charge on any atom is -0.394 e. The molecule has 56 heavy (non-hydrogen) atoms. The van der Waals surface area contributed by atoms with E-state index in [0.29, 0.717) is 12.8 Å². The molecule has 0 aromatic carbocycles. The molecule has 0 aromatic heterocycles. The monoisotopic (exact) mass is 774 g/mol. The van der Waals surface area contributed by atoms with Crippen molar-refractivity contribution in [2.75, 3.05) is 6.61 Å². The maximum absolute atomic E-state index is 12.3. The summed E-state index contributed by atoms with van der Waals surface area (Å²) in [5, 5.41) is 22.8. The first-order valence-corrected chi connectivity index (χ1v) is 23.1. The van der Waals surface area contributed by atoms with Gasteiger partial charge in [-0.3, -0.25) is 4.79 Å². The molecule has 2 atom stereocenters. The van der Waals surface area contributed by atoms with Gasteiger partial charge in [-0.15, -0.1) is 0 Å². The zero-order valence-corrected chi connectivity index (χ0v) is 36.4. The van der Waals surface area contributed by atoms with Gasteiger partial charge in [0.1, 0.15) is 0 Å². The lowest BCUT2D eigenvalue weighted by molar-refractivity contribution is -0.123. The molecule has 0 spiro atoms. The lowest BCUT2D eigenvalue weighted by atomic mass is 10.0. The van der Waals surface area contributed by atoms with E-state index in [1.165, 1.54) is 83.5 Å². The van der Waals surface area contributed by atoms with Crippen molar-refractivity contribution < 1.29 is 15.0 Å². The maximum Gasteiger partial charge on any atom is 0.220 e. The van der Waals surface area contributed by atoms with E-state index in [0.717, 1.165) is 83.5 Å². The summed E-state index contributed by atoms with van der Waals surface area (Å²) in [4.78, 5) is 12.3. The zero-order chi connectivity index (χ0) is 40.7. The number of allylic oxidation sites excluding steroid dienone is 18. The van der Waals surface area contributed by atoms with Crippen molar-refractivity contribution in [2.24, 2.45) is 0 Å². The molecule has 0 radical (unpaired) electrons. The molecule has 318 valence electrons. The first kappa shape index (κ1) is 53.0. The molecule has 0 saturated carbocycles. The van der Waals surface area contributed by atoms with Gasteiger partial charge in [0.05, 0.1) is 18.8 Å². The number of carbonyl (C=O) groups is 1. The number of aliphatic hydroxyl groups is 2. The van der Waals surface area contributed by atoms with Crippen LogP contribution in [0.3, 0.4) is 0 Å². The highest BCUT2D eigenvalue weighted by Gasteiger charge is 2.19. The van der Waals surface area contributed by atoms with Crippen molar-refractivity contribution in [3.63, 3.8) is 0 Å². The van der Waals surface area contributed by atoms with Gasteiger partial charge in [0.15, 0.2) is 0 Å². The largest absolute Gasteiger partial charge is 0.394 e. The summed E-state index contributed by atoms with van der Waals surface area (Å²) in [5.41, 5.74) is 0. The van der Waals surface area contributed by atoms with E-state index in [9.17, 15) is 15.0 Å². The molecule has 4 heteroatoms. The average molecular weight is 774 g/mol. The molecule has 4 nitrogen and oxygen atoms in total. The van der Waals surface area contributed by atoms with Gasteiger partial charge in [0, 0.05) is 6.42 Å². The molecule has 0 saturated heterocycles. The Morgan fingerprint density at radius 3 is 1.18 bits per heavy atom. The number of hydrogen-bond donors (Lipinski definition) is 3. The Morgan fingerprint density at radius 1 is 0.446 bits per heavy atom. The molecule has 0 heterocycles. The lowest BCUT2D eigenvalue weighted by Crippen LogP contribution is -2.45. The second-order valence-corrected chi connectivity index (χ2v) is 15.1. The maximum atomic E-state index is 12.3. The summed E-state index contributed by atoms with van der Waals surface area (Å²) in [6, 6.07) is -0.540. The molecular weight excluding hydrogens is 687 g/mol. The molecule has 0 bridgehead atoms. The zero-order valence-electron chi connectivity index (χ0n) is 36.4. The average Bonchev–Trinajstić information content (AvgIpc) is 3.20. The summed E-state index contributed by atoms with van der Waals surface area (Å²) < 4.78 is 0. The standard InChI is InChI=1S/C52H87NO3/c1-3-5-7-9-10-11-12-13-14-15-16-17-18-19-20-21-22-23-24-25-26-27-28-29-30-31-32-33-34-35-36-37-38-39-40-41-42-44-46-48-52(56)53-50(49-54)51(55)47-45-43-8-6-4-2/h5,7,10-11,13-14,16-17,19-20,22-23,25-26,28-29,31-32,50-51,54-55H,3-4,6,8-9,12,15,18,21,24,27,30,33-49H2,1-2H3,(H,53,56)/b7-5-,11-10-,14-13-,17-16-,20-19-,23-22-,26-25-,29-28-,32-31-. The second kappa shape index (κ2) is 46.4. The summed E-state index contributed by atoms with van der Waals surface area (Å²) in [7, 11) is 0. The molecule has 0 aliphatic heterocycles. The molecule has 0 fully saturated rings. The van der Waals surface area contributed by atoms with Crippen LogP contribution < -0.4 is 5.32 Å². The van der Waals surface area contributed by atoms with E-state index in [-0.39, 0.29) is 12.5 Å². The van der Waals surface area contributed by atoms with Crippen LogP contribution in [0.5, 0.6) is 0 Å². The number of hydrogen-bond acceptors (Lipinski definition) is 3. The third-order valence-electron chi connectivity index (χ3n) is 9.80. The summed E-state index contributed by atoms with van der Waals surface area (Å²) in [5.74, 6) is -0.0474. The number of carbonyl (C=O) groups excluding carboxylic acids is 1. The quantitative estimate of drug-likeness (QED) is 0.0429. The number of unbranched alkanes of at least 4 members (excludes halogenated alkanes) is 15. The molecule has 0 aliphatic rings. The van der Waals surface area contributed by atoms with Crippen LogP contribution >= 0.6 is 0 Å². The Bertz CT molecular complexity index is 1110. The van der Waals surface area contributed by atoms with Crippen molar-refractivity contribution in [3.8, 4) is 0 Å². The lowest BCUT2D eigenvalue weighted by Gasteiger charge is -2.22. The Hall–Kier alpha value is -2.95. The van der Waals surface area contributed by atoms with Gasteiger partial charge in [0.25, 0.3) is 0 Å². The first-order valence-electron chi connectivity index (χ1n) is 23.1. The van der Waals surface area contributed by atoms with Crippen molar-refractivity contribution in [2.45, 2.75) is 206 Å². The molecule has 0 aliphatic carbocycles. The van der Waals surface area contributed by atoms with E-state index in [2.05, 4.69) is 129 Å². The predicted octanol–water partition coefficient (Wildman–Crippen LogP) is 14.8. The molecule has 0 rings (SSSR count). The number of rotatable bonds is 40. The van der Waals surface area contributed by atoms with Crippen LogP contribution in [-0.4, -0.2) is 34.9 Å². The third kappa shape index (κ3) is 42.2. The smallest absolute Gasteiger partial charge is 0.220 e. The third-order valence-corrected chi connectivity index (χ3v) is 9.80. The fourth-order valence-electron chi connectivity index (χ4n) is 6.29. The minimum absolute atomic E-state index is 0.0474. The van der Waals surface area contributed by atoms with E-state index < -0.39 is 12.1 Å². The first-order chi connectivity index (χ1) is 27.7. The summed E-state index contributed by atoms with van der Waals surface area (Å²) >= 11 is 0. The van der Waals surface area contributed by atoms with Gasteiger partial charge in [-0.1, -0.05) is 213 Å². The van der Waals surface area contributed by atoms with Gasteiger partial charge in [-0.05, 0) is 83.5 Å². The van der Waals surface area contributed by atoms with Crippen LogP contribution in [0.1, 0.15) is 194 Å². The van der Waals surface area contributed by atoms with Gasteiger partial charge >= 0.3 is 0 Å². The molecule has 2 unspecified atom stereocenters.